The number of nitro groups is 1. The molecule has 2 aromatic rings. The van der Waals surface area contributed by atoms with Crippen LogP contribution in [0.2, 0.25) is 0 Å². The van der Waals surface area contributed by atoms with Gasteiger partial charge in [-0.05, 0) is 49.1 Å². The van der Waals surface area contributed by atoms with Crippen molar-refractivity contribution in [3.8, 4) is 6.07 Å². The van der Waals surface area contributed by atoms with E-state index in [4.69, 9.17) is 5.26 Å². The van der Waals surface area contributed by atoms with Crippen molar-refractivity contribution < 1.29 is 4.92 Å². The fraction of sp³-hybridized carbons (Fsp3) is 0.188. The number of nitrogens with one attached hydrogen (secondary N) is 1. The van der Waals surface area contributed by atoms with E-state index >= 15 is 0 Å². The minimum atomic E-state index is -0.319. The van der Waals surface area contributed by atoms with Gasteiger partial charge in [-0.15, -0.1) is 0 Å². The van der Waals surface area contributed by atoms with Crippen molar-refractivity contribution in [3.05, 3.63) is 63.2 Å². The maximum Gasteiger partial charge on any atom is 0.296 e. The first-order valence-corrected chi connectivity index (χ1v) is 6.75. The molecule has 0 unspecified atom stereocenters. The van der Waals surface area contributed by atoms with Gasteiger partial charge in [0.05, 0.1) is 16.6 Å². The molecule has 0 aliphatic heterocycles. The Morgan fingerprint density at radius 3 is 2.86 bits per heavy atom. The third-order valence-electron chi connectivity index (χ3n) is 3.71. The predicted molar refractivity (Wildman–Crippen MR) is 79.6 cm³/mol. The third-order valence-corrected chi connectivity index (χ3v) is 3.71. The van der Waals surface area contributed by atoms with Gasteiger partial charge >= 0.3 is 0 Å². The molecule has 1 aliphatic rings. The second-order valence-electron chi connectivity index (χ2n) is 5.03. The van der Waals surface area contributed by atoms with Crippen molar-refractivity contribution in [1.82, 2.24) is 0 Å². The molecule has 104 valence electrons. The van der Waals surface area contributed by atoms with Crippen molar-refractivity contribution in [2.45, 2.75) is 19.3 Å². The van der Waals surface area contributed by atoms with E-state index in [0.29, 0.717) is 16.9 Å². The van der Waals surface area contributed by atoms with Gasteiger partial charge in [0.25, 0.3) is 5.69 Å². The predicted octanol–water partition coefficient (Wildman–Crippen LogP) is 3.70. The van der Waals surface area contributed by atoms with Gasteiger partial charge in [-0.2, -0.15) is 5.26 Å². The molecule has 0 amide bonds. The average molecular weight is 279 g/mol. The number of aryl methyl sites for hydroxylation is 1. The lowest BCUT2D eigenvalue weighted by Crippen LogP contribution is -2.01. The van der Waals surface area contributed by atoms with Gasteiger partial charge in [0.2, 0.25) is 0 Å². The largest absolute Gasteiger partial charge is 0.350 e. The van der Waals surface area contributed by atoms with Crippen LogP contribution in [-0.4, -0.2) is 4.92 Å². The maximum absolute atomic E-state index is 11.4. The maximum atomic E-state index is 11.4. The molecular weight excluding hydrogens is 266 g/mol. The van der Waals surface area contributed by atoms with Crippen molar-refractivity contribution in [2.75, 3.05) is 5.32 Å². The van der Waals surface area contributed by atoms with Crippen LogP contribution in [0.3, 0.4) is 0 Å². The molecule has 21 heavy (non-hydrogen) atoms. The summed E-state index contributed by atoms with van der Waals surface area (Å²) in [4.78, 5) is 11.1. The van der Waals surface area contributed by atoms with Crippen LogP contribution < -0.4 is 5.32 Å². The van der Waals surface area contributed by atoms with Crippen molar-refractivity contribution in [3.63, 3.8) is 0 Å². The highest BCUT2D eigenvalue weighted by molar-refractivity contribution is 5.74. The van der Waals surface area contributed by atoms with E-state index in [0.717, 1.165) is 30.4 Å². The van der Waals surface area contributed by atoms with E-state index in [9.17, 15) is 10.1 Å². The molecule has 1 N–H and O–H groups in total. The van der Waals surface area contributed by atoms with Crippen LogP contribution >= 0.6 is 0 Å². The summed E-state index contributed by atoms with van der Waals surface area (Å²) in [5.74, 6) is 0. The molecule has 0 spiro atoms. The molecule has 2 aromatic carbocycles. The molecule has 0 saturated carbocycles. The number of nitriles is 1. The lowest BCUT2D eigenvalue weighted by atomic mass is 10.1. The highest BCUT2D eigenvalue weighted by Gasteiger charge is 2.26. The molecule has 0 atom stereocenters. The molecule has 0 radical (unpaired) electrons. The highest BCUT2D eigenvalue weighted by Crippen LogP contribution is 2.37. The van der Waals surface area contributed by atoms with E-state index < -0.39 is 0 Å². The standard InChI is InChI=1S/C16H13N3O2/c17-10-11-3-1-5-13(9-11)18-15-8-7-12-4-2-6-14(12)16(15)19(20)21/h1,3,5,7-9,18H,2,4,6H2. The summed E-state index contributed by atoms with van der Waals surface area (Å²) in [6.07, 6.45) is 2.61. The summed E-state index contributed by atoms with van der Waals surface area (Å²) in [7, 11) is 0. The number of hydrogen-bond donors (Lipinski definition) is 1. The number of nitrogens with zero attached hydrogens (tertiary/aromatic N) is 2. The Morgan fingerprint density at radius 1 is 1.24 bits per heavy atom. The van der Waals surface area contributed by atoms with E-state index in [-0.39, 0.29) is 10.6 Å². The van der Waals surface area contributed by atoms with Crippen LogP contribution in [0, 0.1) is 21.4 Å². The molecule has 3 rings (SSSR count). The number of rotatable bonds is 3. The van der Waals surface area contributed by atoms with Crippen molar-refractivity contribution in [2.24, 2.45) is 0 Å². The van der Waals surface area contributed by atoms with Gasteiger partial charge in [0.15, 0.2) is 0 Å². The Hall–Kier alpha value is -2.87. The Bertz CT molecular complexity index is 763. The molecule has 0 fully saturated rings. The molecule has 0 bridgehead atoms. The number of hydrogen-bond acceptors (Lipinski definition) is 4. The molecule has 1 aliphatic carbocycles. The fourth-order valence-corrected chi connectivity index (χ4v) is 2.78. The topological polar surface area (TPSA) is 79.0 Å². The zero-order valence-corrected chi connectivity index (χ0v) is 11.3. The number of nitro benzene ring substituents is 1. The molecule has 5 nitrogen and oxygen atoms in total. The molecule has 5 heteroatoms. The summed E-state index contributed by atoms with van der Waals surface area (Å²) in [5.41, 5.74) is 3.74. The Morgan fingerprint density at radius 2 is 2.10 bits per heavy atom. The number of fused-ring (bicyclic) bond motifs is 1. The third kappa shape index (κ3) is 2.43. The van der Waals surface area contributed by atoms with Gasteiger partial charge in [-0.1, -0.05) is 12.1 Å². The fourth-order valence-electron chi connectivity index (χ4n) is 2.78. The highest BCUT2D eigenvalue weighted by atomic mass is 16.6. The molecular formula is C16H13N3O2. The first kappa shape index (κ1) is 13.1. The SMILES string of the molecule is N#Cc1cccc(Nc2ccc3c(c2[N+](=O)[O-])CCC3)c1. The van der Waals surface area contributed by atoms with E-state index in [1.54, 1.807) is 30.3 Å². The Labute approximate surface area is 122 Å². The minimum absolute atomic E-state index is 0.160. The molecule has 0 saturated heterocycles. The lowest BCUT2D eigenvalue weighted by Gasteiger charge is -2.10. The van der Waals surface area contributed by atoms with Gasteiger partial charge in [0, 0.05) is 11.3 Å². The van der Waals surface area contributed by atoms with Gasteiger partial charge in [-0.25, -0.2) is 0 Å². The smallest absolute Gasteiger partial charge is 0.296 e. The summed E-state index contributed by atoms with van der Waals surface area (Å²) >= 11 is 0. The first-order valence-electron chi connectivity index (χ1n) is 6.75. The van der Waals surface area contributed by atoms with Crippen LogP contribution in [0.4, 0.5) is 17.1 Å². The average Bonchev–Trinajstić information content (AvgIpc) is 2.95. The number of anilines is 2. The molecule has 0 aromatic heterocycles. The van der Waals surface area contributed by atoms with Crippen molar-refractivity contribution >= 4 is 17.1 Å². The van der Waals surface area contributed by atoms with E-state index in [2.05, 4.69) is 11.4 Å². The Balaban J connectivity index is 2.03. The van der Waals surface area contributed by atoms with Crippen LogP contribution in [0.15, 0.2) is 36.4 Å². The van der Waals surface area contributed by atoms with Crippen molar-refractivity contribution in [1.29, 1.82) is 5.26 Å². The van der Waals surface area contributed by atoms with Crippen LogP contribution in [-0.2, 0) is 12.8 Å². The number of benzene rings is 2. The second kappa shape index (κ2) is 5.25. The summed E-state index contributed by atoms with van der Waals surface area (Å²) in [6, 6.07) is 12.7. The van der Waals surface area contributed by atoms with Crippen LogP contribution in [0.5, 0.6) is 0 Å². The normalized spacial score (nSPS) is 12.5. The first-order chi connectivity index (χ1) is 10.2. The van der Waals surface area contributed by atoms with Gasteiger partial charge in [0.1, 0.15) is 5.69 Å². The van der Waals surface area contributed by atoms with Gasteiger partial charge in [-0.3, -0.25) is 10.1 Å². The van der Waals surface area contributed by atoms with Crippen LogP contribution in [0.1, 0.15) is 23.1 Å². The van der Waals surface area contributed by atoms with E-state index in [1.807, 2.05) is 6.07 Å². The quantitative estimate of drug-likeness (QED) is 0.686. The van der Waals surface area contributed by atoms with E-state index in [1.165, 1.54) is 0 Å². The molecule has 0 heterocycles. The summed E-state index contributed by atoms with van der Waals surface area (Å²) < 4.78 is 0. The Kier molecular flexibility index (Phi) is 3.28. The zero-order valence-electron chi connectivity index (χ0n) is 11.3. The lowest BCUT2D eigenvalue weighted by molar-refractivity contribution is -0.384. The summed E-state index contributed by atoms with van der Waals surface area (Å²) in [6.45, 7) is 0. The van der Waals surface area contributed by atoms with Gasteiger partial charge < -0.3 is 5.32 Å². The van der Waals surface area contributed by atoms with Crippen LogP contribution in [0.25, 0.3) is 0 Å². The second-order valence-corrected chi connectivity index (χ2v) is 5.03. The minimum Gasteiger partial charge on any atom is -0.350 e. The monoisotopic (exact) mass is 279 g/mol. The zero-order chi connectivity index (χ0) is 14.8. The summed E-state index contributed by atoms with van der Waals surface area (Å²) in [5, 5.41) is 23.4.